The third kappa shape index (κ3) is 5.29. The minimum Gasteiger partial charge on any atom is -0.489 e. The number of ether oxygens (including phenoxy) is 1. The number of hydrogen-bond acceptors (Lipinski definition) is 4. The summed E-state index contributed by atoms with van der Waals surface area (Å²) in [6, 6.07) is 11.8. The first-order chi connectivity index (χ1) is 13.7. The number of halogens is 4. The van der Waals surface area contributed by atoms with Crippen molar-refractivity contribution < 1.29 is 32.3 Å². The second kappa shape index (κ2) is 8.57. The van der Waals surface area contributed by atoms with E-state index in [1.807, 2.05) is 0 Å². The van der Waals surface area contributed by atoms with E-state index in [1.165, 1.54) is 18.4 Å². The molecular formula is C20H15ClF3NO4. The van der Waals surface area contributed by atoms with Gasteiger partial charge in [-0.1, -0.05) is 35.0 Å². The van der Waals surface area contributed by atoms with E-state index in [4.69, 9.17) is 26.0 Å². The zero-order valence-electron chi connectivity index (χ0n) is 14.8. The summed E-state index contributed by atoms with van der Waals surface area (Å²) in [5.74, 6) is -1.06. The number of nitrogens with zero attached hydrogens (tertiary/aromatic N) is 1. The van der Waals surface area contributed by atoms with Crippen LogP contribution in [0.5, 0.6) is 5.75 Å². The average Bonchev–Trinajstić information content (AvgIpc) is 3.19. The molecule has 0 radical (unpaired) electrons. The quantitative estimate of drug-likeness (QED) is 0.538. The van der Waals surface area contributed by atoms with Crippen LogP contribution in [-0.2, 0) is 17.6 Å². The number of hydrogen-bond donors (Lipinski definition) is 1. The van der Waals surface area contributed by atoms with Crippen LogP contribution in [0.25, 0.3) is 0 Å². The molecular weight excluding hydrogens is 411 g/mol. The Labute approximate surface area is 168 Å². The lowest BCUT2D eigenvalue weighted by atomic mass is 9.92. The maximum Gasteiger partial charge on any atom is 0.417 e. The van der Waals surface area contributed by atoms with Gasteiger partial charge in [-0.15, -0.1) is 0 Å². The smallest absolute Gasteiger partial charge is 0.417 e. The van der Waals surface area contributed by atoms with E-state index < -0.39 is 23.6 Å². The minimum atomic E-state index is -4.55. The molecule has 1 N–H and O–H groups in total. The van der Waals surface area contributed by atoms with E-state index in [2.05, 4.69) is 5.16 Å². The van der Waals surface area contributed by atoms with Crippen molar-refractivity contribution in [2.24, 2.45) is 0 Å². The summed E-state index contributed by atoms with van der Waals surface area (Å²) < 4.78 is 49.2. The van der Waals surface area contributed by atoms with Gasteiger partial charge in [0.25, 0.3) is 0 Å². The summed E-state index contributed by atoms with van der Waals surface area (Å²) in [7, 11) is 0. The van der Waals surface area contributed by atoms with Crippen LogP contribution in [0, 0.1) is 0 Å². The van der Waals surface area contributed by atoms with Gasteiger partial charge in [0.05, 0.1) is 22.7 Å². The molecule has 9 heteroatoms. The van der Waals surface area contributed by atoms with Crippen molar-refractivity contribution in [3.05, 3.63) is 82.2 Å². The minimum absolute atomic E-state index is 0.0819. The highest BCUT2D eigenvalue weighted by atomic mass is 35.5. The van der Waals surface area contributed by atoms with Gasteiger partial charge >= 0.3 is 12.1 Å². The number of aromatic nitrogens is 1. The molecule has 1 heterocycles. The Hall–Kier alpha value is -3.00. The Morgan fingerprint density at radius 3 is 2.48 bits per heavy atom. The molecule has 0 unspecified atom stereocenters. The fraction of sp³-hybridized carbons (Fsp3) is 0.200. The van der Waals surface area contributed by atoms with E-state index in [9.17, 15) is 18.0 Å². The van der Waals surface area contributed by atoms with Crippen LogP contribution in [0.3, 0.4) is 0 Å². The molecule has 5 nitrogen and oxygen atoms in total. The van der Waals surface area contributed by atoms with Crippen molar-refractivity contribution in [3.8, 4) is 5.75 Å². The molecule has 0 spiro atoms. The summed E-state index contributed by atoms with van der Waals surface area (Å²) in [6.45, 7) is -0.0819. The number of carboxylic acids is 1. The van der Waals surface area contributed by atoms with Crippen molar-refractivity contribution >= 4 is 17.6 Å². The first-order valence-corrected chi connectivity index (χ1v) is 8.82. The fourth-order valence-corrected chi connectivity index (χ4v) is 3.04. The Morgan fingerprint density at radius 1 is 1.17 bits per heavy atom. The monoisotopic (exact) mass is 425 g/mol. The Kier molecular flexibility index (Phi) is 6.12. The molecule has 0 aliphatic carbocycles. The van der Waals surface area contributed by atoms with Gasteiger partial charge in [0.1, 0.15) is 18.6 Å². The van der Waals surface area contributed by atoms with Crippen LogP contribution in [0.2, 0.25) is 5.02 Å². The van der Waals surface area contributed by atoms with E-state index >= 15 is 0 Å². The number of benzene rings is 2. The highest BCUT2D eigenvalue weighted by molar-refractivity contribution is 6.31. The third-order valence-corrected chi connectivity index (χ3v) is 4.55. The zero-order chi connectivity index (χ0) is 21.0. The lowest BCUT2D eigenvalue weighted by Gasteiger charge is -2.14. The van der Waals surface area contributed by atoms with Gasteiger partial charge in [-0.25, -0.2) is 0 Å². The molecule has 2 aromatic carbocycles. The number of aliphatic carboxylic acids is 1. The molecule has 1 aromatic heterocycles. The number of carboxylic acid groups (broad SMARTS) is 1. The first-order valence-electron chi connectivity index (χ1n) is 8.44. The highest BCUT2D eigenvalue weighted by Crippen LogP contribution is 2.35. The van der Waals surface area contributed by atoms with Crippen molar-refractivity contribution in [1.29, 1.82) is 0 Å². The Bertz CT molecular complexity index is 972. The first kappa shape index (κ1) is 20.7. The van der Waals surface area contributed by atoms with E-state index in [0.29, 0.717) is 22.6 Å². The fourth-order valence-electron chi connectivity index (χ4n) is 2.81. The lowest BCUT2D eigenvalue weighted by Crippen LogP contribution is -2.08. The third-order valence-electron chi connectivity index (χ3n) is 4.22. The number of alkyl halides is 3. The Morgan fingerprint density at radius 2 is 1.90 bits per heavy atom. The molecule has 0 fully saturated rings. The van der Waals surface area contributed by atoms with Crippen LogP contribution >= 0.6 is 11.6 Å². The van der Waals surface area contributed by atoms with Gasteiger partial charge in [0.15, 0.2) is 0 Å². The lowest BCUT2D eigenvalue weighted by molar-refractivity contribution is -0.138. The predicted molar refractivity (Wildman–Crippen MR) is 97.8 cm³/mol. The molecule has 0 saturated heterocycles. The summed E-state index contributed by atoms with van der Waals surface area (Å²) in [4.78, 5) is 11.2. The van der Waals surface area contributed by atoms with Crippen LogP contribution < -0.4 is 4.74 Å². The SMILES string of the molecule is O=C(O)C[C@@H](c1ccc(OCc2ccc(Cl)c(C(F)(F)F)c2)cc1)c1ccon1. The molecule has 29 heavy (non-hydrogen) atoms. The molecule has 0 aliphatic rings. The van der Waals surface area contributed by atoms with Crippen LogP contribution in [0.1, 0.15) is 34.7 Å². The zero-order valence-corrected chi connectivity index (χ0v) is 15.6. The van der Waals surface area contributed by atoms with Crippen molar-refractivity contribution in [3.63, 3.8) is 0 Å². The molecule has 0 bridgehead atoms. The molecule has 0 saturated carbocycles. The van der Waals surface area contributed by atoms with Gasteiger partial charge in [-0.3, -0.25) is 4.79 Å². The average molecular weight is 426 g/mol. The summed E-state index contributed by atoms with van der Waals surface area (Å²) in [5, 5.41) is 12.6. The summed E-state index contributed by atoms with van der Waals surface area (Å²) >= 11 is 5.61. The number of carbonyl (C=O) groups is 1. The molecule has 0 aliphatic heterocycles. The molecule has 1 atom stereocenters. The summed E-state index contributed by atoms with van der Waals surface area (Å²) in [6.07, 6.45) is -3.35. The van der Waals surface area contributed by atoms with Gasteiger partial charge in [-0.2, -0.15) is 13.2 Å². The van der Waals surface area contributed by atoms with E-state index in [0.717, 1.165) is 6.07 Å². The van der Waals surface area contributed by atoms with Gasteiger partial charge in [0.2, 0.25) is 0 Å². The summed E-state index contributed by atoms with van der Waals surface area (Å²) in [5.41, 5.74) is 0.582. The molecule has 152 valence electrons. The van der Waals surface area contributed by atoms with Gasteiger partial charge in [-0.05, 0) is 35.4 Å². The maximum atomic E-state index is 12.9. The molecule has 0 amide bonds. The van der Waals surface area contributed by atoms with E-state index in [-0.39, 0.29) is 18.1 Å². The van der Waals surface area contributed by atoms with Crippen LogP contribution in [0.15, 0.2) is 59.3 Å². The normalized spacial score (nSPS) is 12.6. The predicted octanol–water partition coefficient (Wildman–Crippen LogP) is 5.53. The molecule has 3 rings (SSSR count). The van der Waals surface area contributed by atoms with E-state index in [1.54, 1.807) is 30.3 Å². The standard InChI is InChI=1S/C20H15ClF3NO4/c21-17-6-1-12(9-16(17)20(22,23)24)11-28-14-4-2-13(3-5-14)15(10-19(26)27)18-7-8-29-25-18/h1-9,15H,10-11H2,(H,26,27)/t15-/m0/s1. The highest BCUT2D eigenvalue weighted by Gasteiger charge is 2.33. The second-order valence-electron chi connectivity index (χ2n) is 6.24. The van der Waals surface area contributed by atoms with Crippen molar-refractivity contribution in [1.82, 2.24) is 5.16 Å². The van der Waals surface area contributed by atoms with Gasteiger partial charge < -0.3 is 14.4 Å². The maximum absolute atomic E-state index is 12.9. The van der Waals surface area contributed by atoms with Crippen LogP contribution in [0.4, 0.5) is 13.2 Å². The number of rotatable bonds is 7. The Balaban J connectivity index is 1.72. The van der Waals surface area contributed by atoms with Gasteiger partial charge in [0, 0.05) is 12.0 Å². The largest absolute Gasteiger partial charge is 0.489 e. The van der Waals surface area contributed by atoms with Crippen molar-refractivity contribution in [2.75, 3.05) is 0 Å². The topological polar surface area (TPSA) is 72.6 Å². The second-order valence-corrected chi connectivity index (χ2v) is 6.65. The van der Waals surface area contributed by atoms with Crippen LogP contribution in [-0.4, -0.2) is 16.2 Å². The van der Waals surface area contributed by atoms with Crippen molar-refractivity contribution in [2.45, 2.75) is 25.1 Å². The molecule has 3 aromatic rings.